The van der Waals surface area contributed by atoms with Crippen molar-refractivity contribution in [2.24, 2.45) is 0 Å². The summed E-state index contributed by atoms with van der Waals surface area (Å²) in [5.74, 6) is -0.189. The molecule has 1 unspecified atom stereocenters. The summed E-state index contributed by atoms with van der Waals surface area (Å²) in [6, 6.07) is 18.1. The number of amides is 1. The molecule has 1 atom stereocenters. The number of benzene rings is 3. The Bertz CT molecular complexity index is 1440. The molecule has 0 bridgehead atoms. The van der Waals surface area contributed by atoms with Gasteiger partial charge in [-0.3, -0.25) is 9.69 Å². The van der Waals surface area contributed by atoms with Gasteiger partial charge in [-0.2, -0.15) is 0 Å². The monoisotopic (exact) mass is 501 g/mol. The van der Waals surface area contributed by atoms with Crippen LogP contribution < -0.4 is 10.6 Å². The molecule has 0 saturated carbocycles. The van der Waals surface area contributed by atoms with Crippen LogP contribution in [0.3, 0.4) is 0 Å². The first-order chi connectivity index (χ1) is 17.5. The Morgan fingerprint density at radius 3 is 2.72 bits per heavy atom. The van der Waals surface area contributed by atoms with E-state index in [0.29, 0.717) is 22.7 Å². The standard InChI is InChI=1S/C28H25ClFN5O/c1-35-15-5-8-20(35)10-14-25(36)34-24-13-12-23-27(26(24)18-6-3-2-4-7-18)28(32-17-31-23)33-19-9-11-22(30)21(29)16-19/h2-4,6-7,9-14,16-17,20H,5,8,15H2,1H3,(H,34,36)(H,31,32,33)/b14-10+. The van der Waals surface area contributed by atoms with Gasteiger partial charge < -0.3 is 10.6 Å². The Morgan fingerprint density at radius 1 is 1.14 bits per heavy atom. The second-order valence-corrected chi connectivity index (χ2v) is 9.17. The topological polar surface area (TPSA) is 70.2 Å². The Labute approximate surface area is 213 Å². The Hall–Kier alpha value is -3.81. The molecule has 2 N–H and O–H groups in total. The third-order valence-electron chi connectivity index (χ3n) is 6.35. The summed E-state index contributed by atoms with van der Waals surface area (Å²) < 4.78 is 13.7. The fourth-order valence-electron chi connectivity index (χ4n) is 4.52. The highest BCUT2D eigenvalue weighted by molar-refractivity contribution is 6.31. The van der Waals surface area contributed by atoms with E-state index in [4.69, 9.17) is 11.6 Å². The van der Waals surface area contributed by atoms with E-state index in [-0.39, 0.29) is 17.0 Å². The third-order valence-corrected chi connectivity index (χ3v) is 6.64. The third kappa shape index (κ3) is 5.08. The summed E-state index contributed by atoms with van der Waals surface area (Å²) in [7, 11) is 2.07. The van der Waals surface area contributed by atoms with E-state index >= 15 is 0 Å². The van der Waals surface area contributed by atoms with Gasteiger partial charge in [0.25, 0.3) is 0 Å². The molecule has 182 valence electrons. The molecule has 1 aromatic heterocycles. The summed E-state index contributed by atoms with van der Waals surface area (Å²) in [6.07, 6.45) is 7.20. The number of likely N-dealkylation sites (N-methyl/N-ethyl adjacent to an activating group) is 1. The summed E-state index contributed by atoms with van der Waals surface area (Å²) in [6.45, 7) is 1.04. The van der Waals surface area contributed by atoms with Gasteiger partial charge in [-0.25, -0.2) is 14.4 Å². The lowest BCUT2D eigenvalue weighted by Crippen LogP contribution is -2.23. The average Bonchev–Trinajstić information content (AvgIpc) is 3.30. The van der Waals surface area contributed by atoms with Crippen molar-refractivity contribution in [1.29, 1.82) is 0 Å². The number of rotatable bonds is 6. The van der Waals surface area contributed by atoms with Gasteiger partial charge in [-0.05, 0) is 62.3 Å². The van der Waals surface area contributed by atoms with E-state index < -0.39 is 5.82 Å². The lowest BCUT2D eigenvalue weighted by molar-refractivity contribution is -0.111. The zero-order chi connectivity index (χ0) is 25.1. The molecule has 1 fully saturated rings. The molecular weight excluding hydrogens is 477 g/mol. The van der Waals surface area contributed by atoms with Crippen molar-refractivity contribution in [3.8, 4) is 11.1 Å². The van der Waals surface area contributed by atoms with Crippen molar-refractivity contribution in [2.45, 2.75) is 18.9 Å². The van der Waals surface area contributed by atoms with Crippen molar-refractivity contribution in [1.82, 2.24) is 14.9 Å². The lowest BCUT2D eigenvalue weighted by Gasteiger charge is -2.17. The summed E-state index contributed by atoms with van der Waals surface area (Å²) in [4.78, 5) is 24.1. The molecule has 3 aromatic carbocycles. The van der Waals surface area contributed by atoms with E-state index in [1.807, 2.05) is 48.5 Å². The minimum absolute atomic E-state index is 0.00860. The molecule has 6 nitrogen and oxygen atoms in total. The number of nitrogens with zero attached hydrogens (tertiary/aromatic N) is 3. The van der Waals surface area contributed by atoms with Crippen LogP contribution in [-0.4, -0.2) is 40.4 Å². The normalized spacial score (nSPS) is 16.0. The quantitative estimate of drug-likeness (QED) is 0.298. The van der Waals surface area contributed by atoms with E-state index in [1.54, 1.807) is 12.1 Å². The highest BCUT2D eigenvalue weighted by Crippen LogP contribution is 2.39. The number of halogens is 2. The Balaban J connectivity index is 1.57. The highest BCUT2D eigenvalue weighted by atomic mass is 35.5. The molecule has 0 radical (unpaired) electrons. The van der Waals surface area contributed by atoms with E-state index in [1.165, 1.54) is 18.5 Å². The molecule has 2 heterocycles. The predicted octanol–water partition coefficient (Wildman–Crippen LogP) is 6.42. The van der Waals surface area contributed by atoms with Crippen LogP contribution in [0, 0.1) is 5.82 Å². The van der Waals surface area contributed by atoms with Crippen molar-refractivity contribution in [2.75, 3.05) is 24.2 Å². The van der Waals surface area contributed by atoms with Crippen molar-refractivity contribution < 1.29 is 9.18 Å². The van der Waals surface area contributed by atoms with Crippen LogP contribution in [0.2, 0.25) is 5.02 Å². The Kier molecular flexibility index (Phi) is 6.93. The van der Waals surface area contributed by atoms with Gasteiger partial charge in [0, 0.05) is 29.1 Å². The molecule has 8 heteroatoms. The zero-order valence-electron chi connectivity index (χ0n) is 19.7. The number of carbonyl (C=O) groups excluding carboxylic acids is 1. The number of anilines is 3. The second-order valence-electron chi connectivity index (χ2n) is 8.76. The van der Waals surface area contributed by atoms with Crippen LogP contribution in [0.1, 0.15) is 12.8 Å². The van der Waals surface area contributed by atoms with Crippen LogP contribution >= 0.6 is 11.6 Å². The van der Waals surface area contributed by atoms with E-state index in [9.17, 15) is 9.18 Å². The molecule has 0 spiro atoms. The maximum Gasteiger partial charge on any atom is 0.248 e. The number of aromatic nitrogens is 2. The minimum atomic E-state index is -0.499. The van der Waals surface area contributed by atoms with Crippen LogP contribution in [-0.2, 0) is 4.79 Å². The number of hydrogen-bond acceptors (Lipinski definition) is 5. The molecule has 1 aliphatic rings. The van der Waals surface area contributed by atoms with Crippen LogP contribution in [0.25, 0.3) is 22.0 Å². The van der Waals surface area contributed by atoms with Crippen molar-refractivity contribution in [3.05, 3.63) is 90.0 Å². The van der Waals surface area contributed by atoms with Gasteiger partial charge >= 0.3 is 0 Å². The molecule has 1 aliphatic heterocycles. The second kappa shape index (κ2) is 10.4. The Morgan fingerprint density at radius 2 is 1.97 bits per heavy atom. The molecule has 36 heavy (non-hydrogen) atoms. The minimum Gasteiger partial charge on any atom is -0.340 e. The van der Waals surface area contributed by atoms with Gasteiger partial charge in [0.15, 0.2) is 0 Å². The van der Waals surface area contributed by atoms with Gasteiger partial charge in [0.2, 0.25) is 5.91 Å². The molecule has 4 aromatic rings. The van der Waals surface area contributed by atoms with Gasteiger partial charge in [-0.1, -0.05) is 48.0 Å². The van der Waals surface area contributed by atoms with Crippen LogP contribution in [0.4, 0.5) is 21.6 Å². The molecule has 5 rings (SSSR count). The average molecular weight is 502 g/mol. The number of carbonyl (C=O) groups is 1. The predicted molar refractivity (Wildman–Crippen MR) is 143 cm³/mol. The first kappa shape index (κ1) is 23.9. The smallest absolute Gasteiger partial charge is 0.248 e. The first-order valence-corrected chi connectivity index (χ1v) is 12.1. The molecule has 1 saturated heterocycles. The van der Waals surface area contributed by atoms with Crippen molar-refractivity contribution in [3.63, 3.8) is 0 Å². The number of likely N-dealkylation sites (tertiary alicyclic amines) is 1. The number of nitrogens with one attached hydrogen (secondary N) is 2. The lowest BCUT2D eigenvalue weighted by atomic mass is 9.98. The fraction of sp³-hybridized carbons (Fsp3) is 0.179. The highest BCUT2D eigenvalue weighted by Gasteiger charge is 2.19. The van der Waals surface area contributed by atoms with Crippen molar-refractivity contribution >= 4 is 45.6 Å². The molecule has 1 amide bonds. The van der Waals surface area contributed by atoms with Crippen LogP contribution in [0.5, 0.6) is 0 Å². The summed E-state index contributed by atoms with van der Waals surface area (Å²) >= 11 is 5.99. The number of fused-ring (bicyclic) bond motifs is 1. The SMILES string of the molecule is CN1CCCC1/C=C/C(=O)Nc1ccc2ncnc(Nc3ccc(F)c(Cl)c3)c2c1-c1ccccc1. The van der Waals surface area contributed by atoms with E-state index in [2.05, 4.69) is 32.5 Å². The maximum absolute atomic E-state index is 13.7. The van der Waals surface area contributed by atoms with Crippen LogP contribution in [0.15, 0.2) is 79.1 Å². The fourth-order valence-corrected chi connectivity index (χ4v) is 4.70. The largest absolute Gasteiger partial charge is 0.340 e. The maximum atomic E-state index is 13.7. The molecule has 0 aliphatic carbocycles. The van der Waals surface area contributed by atoms with Gasteiger partial charge in [0.1, 0.15) is 18.0 Å². The number of hydrogen-bond donors (Lipinski definition) is 2. The summed E-state index contributed by atoms with van der Waals surface area (Å²) in [5, 5.41) is 7.02. The zero-order valence-corrected chi connectivity index (χ0v) is 20.5. The molecular formula is C28H25ClFN5O. The summed E-state index contributed by atoms with van der Waals surface area (Å²) in [5.41, 5.74) is 3.59. The first-order valence-electron chi connectivity index (χ1n) is 11.7. The van der Waals surface area contributed by atoms with E-state index in [0.717, 1.165) is 35.9 Å². The van der Waals surface area contributed by atoms with Gasteiger partial charge in [-0.15, -0.1) is 0 Å². The van der Waals surface area contributed by atoms with Gasteiger partial charge in [0.05, 0.1) is 15.9 Å².